The summed E-state index contributed by atoms with van der Waals surface area (Å²) >= 11 is 5.68. The van der Waals surface area contributed by atoms with Crippen LogP contribution in [0, 0.1) is 0 Å². The minimum Gasteiger partial charge on any atom is -0.508 e. The highest BCUT2D eigenvalue weighted by Crippen LogP contribution is 2.41. The molecule has 4 rings (SSSR count). The van der Waals surface area contributed by atoms with Gasteiger partial charge < -0.3 is 19.9 Å². The SMILES string of the molecule is CCn1cccc1[C@@H]1[C@@H](c2ccccn2)NC(=S)N1c1ccc(O)cc1. The lowest BCUT2D eigenvalue weighted by Gasteiger charge is -2.28. The fraction of sp³-hybridized carbons (Fsp3) is 0.200. The van der Waals surface area contributed by atoms with E-state index in [0.717, 1.165) is 17.9 Å². The van der Waals surface area contributed by atoms with Gasteiger partial charge in [0.2, 0.25) is 0 Å². The Bertz CT molecular complexity index is 907. The van der Waals surface area contributed by atoms with Crippen molar-refractivity contribution in [2.45, 2.75) is 25.6 Å². The molecule has 0 aliphatic carbocycles. The number of benzene rings is 1. The van der Waals surface area contributed by atoms with Gasteiger partial charge in [0, 0.05) is 30.3 Å². The number of phenolic OH excluding ortho intramolecular Hbond substituents is 1. The Balaban J connectivity index is 1.84. The molecule has 1 aromatic carbocycles. The fourth-order valence-electron chi connectivity index (χ4n) is 3.53. The number of nitrogens with zero attached hydrogens (tertiary/aromatic N) is 3. The molecule has 3 heterocycles. The molecule has 132 valence electrons. The molecular formula is C20H20N4OS. The molecule has 0 bridgehead atoms. The van der Waals surface area contributed by atoms with Crippen LogP contribution in [0.4, 0.5) is 5.69 Å². The molecule has 0 spiro atoms. The molecule has 1 aliphatic rings. The average molecular weight is 364 g/mol. The van der Waals surface area contributed by atoms with Gasteiger partial charge in [-0.25, -0.2) is 0 Å². The molecule has 5 nitrogen and oxygen atoms in total. The van der Waals surface area contributed by atoms with Crippen molar-refractivity contribution in [2.24, 2.45) is 0 Å². The van der Waals surface area contributed by atoms with Gasteiger partial charge in [0.1, 0.15) is 11.8 Å². The molecule has 2 N–H and O–H groups in total. The highest BCUT2D eigenvalue weighted by Gasteiger charge is 2.41. The molecule has 1 saturated heterocycles. The van der Waals surface area contributed by atoms with E-state index in [9.17, 15) is 5.11 Å². The number of aromatic nitrogens is 2. The molecule has 0 saturated carbocycles. The number of aromatic hydroxyl groups is 1. The zero-order chi connectivity index (χ0) is 18.1. The molecule has 0 radical (unpaired) electrons. The molecule has 0 amide bonds. The average Bonchev–Trinajstić information content (AvgIpc) is 3.27. The highest BCUT2D eigenvalue weighted by molar-refractivity contribution is 7.80. The third-order valence-corrected chi connectivity index (χ3v) is 5.05. The summed E-state index contributed by atoms with van der Waals surface area (Å²) in [6, 6.07) is 17.2. The molecule has 0 unspecified atom stereocenters. The summed E-state index contributed by atoms with van der Waals surface area (Å²) in [5.41, 5.74) is 3.06. The van der Waals surface area contributed by atoms with Gasteiger partial charge in [-0.15, -0.1) is 0 Å². The molecule has 2 atom stereocenters. The summed E-state index contributed by atoms with van der Waals surface area (Å²) < 4.78 is 2.23. The van der Waals surface area contributed by atoms with Crippen molar-refractivity contribution in [3.05, 3.63) is 78.4 Å². The van der Waals surface area contributed by atoms with Gasteiger partial charge >= 0.3 is 0 Å². The Morgan fingerprint density at radius 3 is 2.62 bits per heavy atom. The van der Waals surface area contributed by atoms with Crippen molar-refractivity contribution >= 4 is 23.0 Å². The zero-order valence-corrected chi connectivity index (χ0v) is 15.2. The number of phenols is 1. The summed E-state index contributed by atoms with van der Waals surface area (Å²) in [7, 11) is 0. The first-order chi connectivity index (χ1) is 12.7. The minimum atomic E-state index is -0.0577. The van der Waals surface area contributed by atoms with E-state index in [0.29, 0.717) is 5.11 Å². The molecule has 3 aromatic rings. The van der Waals surface area contributed by atoms with Crippen molar-refractivity contribution in [1.82, 2.24) is 14.9 Å². The van der Waals surface area contributed by atoms with Gasteiger partial charge in [0.05, 0.1) is 11.7 Å². The van der Waals surface area contributed by atoms with Crippen molar-refractivity contribution in [3.63, 3.8) is 0 Å². The first-order valence-corrected chi connectivity index (χ1v) is 9.04. The standard InChI is InChI=1S/C20H20N4OS/c1-2-23-13-5-7-17(23)19-18(16-6-3-4-12-21-16)22-20(26)24(19)14-8-10-15(25)11-9-14/h3-13,18-19,25H,2H2,1H3,(H,22,26)/t18-,19-/m1/s1. The molecule has 6 heteroatoms. The molecule has 1 fully saturated rings. The van der Waals surface area contributed by atoms with Crippen molar-refractivity contribution < 1.29 is 5.11 Å². The van der Waals surface area contributed by atoms with Crippen LogP contribution in [-0.2, 0) is 6.54 Å². The summed E-state index contributed by atoms with van der Waals surface area (Å²) in [6.45, 7) is 3.01. The van der Waals surface area contributed by atoms with Gasteiger partial charge in [-0.1, -0.05) is 6.07 Å². The van der Waals surface area contributed by atoms with E-state index < -0.39 is 0 Å². The zero-order valence-electron chi connectivity index (χ0n) is 14.4. The van der Waals surface area contributed by atoms with Gasteiger partial charge in [0.25, 0.3) is 0 Å². The van der Waals surface area contributed by atoms with Crippen LogP contribution in [0.5, 0.6) is 5.75 Å². The van der Waals surface area contributed by atoms with Gasteiger partial charge in [-0.05, 0) is 67.7 Å². The molecular weight excluding hydrogens is 344 g/mol. The highest BCUT2D eigenvalue weighted by atomic mass is 32.1. The summed E-state index contributed by atoms with van der Waals surface area (Å²) in [4.78, 5) is 6.66. The normalized spacial score (nSPS) is 19.6. The largest absolute Gasteiger partial charge is 0.508 e. The van der Waals surface area contributed by atoms with Gasteiger partial charge in [0.15, 0.2) is 5.11 Å². The Labute approximate surface area is 157 Å². The van der Waals surface area contributed by atoms with E-state index in [2.05, 4.69) is 45.0 Å². The lowest BCUT2D eigenvalue weighted by atomic mass is 10.0. The number of anilines is 1. The number of rotatable bonds is 4. The lowest BCUT2D eigenvalue weighted by Crippen LogP contribution is -2.30. The second kappa shape index (κ2) is 6.80. The monoisotopic (exact) mass is 364 g/mol. The number of pyridine rings is 1. The topological polar surface area (TPSA) is 53.3 Å². The Morgan fingerprint density at radius 1 is 1.12 bits per heavy atom. The van der Waals surface area contributed by atoms with Crippen LogP contribution in [0.2, 0.25) is 0 Å². The Kier molecular flexibility index (Phi) is 4.34. The van der Waals surface area contributed by atoms with Crippen molar-refractivity contribution in [3.8, 4) is 5.75 Å². The maximum atomic E-state index is 9.65. The van der Waals surface area contributed by atoms with Crippen LogP contribution < -0.4 is 10.2 Å². The number of thiocarbonyl (C=S) groups is 1. The minimum absolute atomic E-state index is 0.0307. The first-order valence-electron chi connectivity index (χ1n) is 8.63. The quantitative estimate of drug-likeness (QED) is 0.690. The van der Waals surface area contributed by atoms with Crippen LogP contribution in [-0.4, -0.2) is 19.8 Å². The first kappa shape index (κ1) is 16.6. The third-order valence-electron chi connectivity index (χ3n) is 4.73. The number of hydrogen-bond donors (Lipinski definition) is 2. The van der Waals surface area contributed by atoms with Crippen LogP contribution in [0.3, 0.4) is 0 Å². The molecule has 2 aromatic heterocycles. The third kappa shape index (κ3) is 2.82. The number of hydrogen-bond acceptors (Lipinski definition) is 3. The summed E-state index contributed by atoms with van der Waals surface area (Å²) in [6.07, 6.45) is 3.89. The van der Waals surface area contributed by atoms with Gasteiger partial charge in [-0.3, -0.25) is 4.98 Å². The van der Waals surface area contributed by atoms with Crippen LogP contribution in [0.25, 0.3) is 0 Å². The van der Waals surface area contributed by atoms with E-state index >= 15 is 0 Å². The summed E-state index contributed by atoms with van der Waals surface area (Å²) in [5, 5.41) is 13.7. The van der Waals surface area contributed by atoms with Gasteiger partial charge in [-0.2, -0.15) is 0 Å². The Morgan fingerprint density at radius 2 is 1.92 bits per heavy atom. The van der Waals surface area contributed by atoms with Crippen molar-refractivity contribution in [1.29, 1.82) is 0 Å². The Hall–Kier alpha value is -2.86. The second-order valence-corrected chi connectivity index (χ2v) is 6.62. The molecule has 1 aliphatic heterocycles. The maximum absolute atomic E-state index is 9.65. The van der Waals surface area contributed by atoms with E-state index in [-0.39, 0.29) is 17.8 Å². The lowest BCUT2D eigenvalue weighted by molar-refractivity contribution is 0.475. The second-order valence-electron chi connectivity index (χ2n) is 6.23. The van der Waals surface area contributed by atoms with E-state index in [1.54, 1.807) is 18.3 Å². The predicted octanol–water partition coefficient (Wildman–Crippen LogP) is 3.79. The maximum Gasteiger partial charge on any atom is 0.174 e. The fourth-order valence-corrected chi connectivity index (χ4v) is 3.88. The van der Waals surface area contributed by atoms with E-state index in [1.165, 1.54) is 5.69 Å². The number of aryl methyl sites for hydroxylation is 1. The van der Waals surface area contributed by atoms with E-state index in [1.807, 2.05) is 30.3 Å². The number of nitrogens with one attached hydrogen (secondary N) is 1. The van der Waals surface area contributed by atoms with Crippen LogP contribution >= 0.6 is 12.2 Å². The smallest absolute Gasteiger partial charge is 0.174 e. The van der Waals surface area contributed by atoms with Crippen LogP contribution in [0.1, 0.15) is 30.4 Å². The van der Waals surface area contributed by atoms with E-state index in [4.69, 9.17) is 12.2 Å². The molecule has 26 heavy (non-hydrogen) atoms. The van der Waals surface area contributed by atoms with Crippen LogP contribution in [0.15, 0.2) is 67.0 Å². The predicted molar refractivity (Wildman–Crippen MR) is 106 cm³/mol. The van der Waals surface area contributed by atoms with Crippen molar-refractivity contribution in [2.75, 3.05) is 4.90 Å². The summed E-state index contributed by atoms with van der Waals surface area (Å²) in [5.74, 6) is 0.238.